The van der Waals surface area contributed by atoms with Crippen LogP contribution in [-0.2, 0) is 4.79 Å². The van der Waals surface area contributed by atoms with Gasteiger partial charge in [0.05, 0.1) is 47.0 Å². The lowest BCUT2D eigenvalue weighted by atomic mass is 10.0. The standard InChI is InChI=1S/C24H20FN9O2/c25-17-13-27-23(34-7-6-28-31-34)21-19(17)16(12-26-21)22(35)24(36)33-10-8-32(9-11-33)18-14-29-30-20(18)15-4-2-1-3-5-15/h1-7,12-14,20,26H,8-11H2. The van der Waals surface area contributed by atoms with E-state index >= 15 is 0 Å². The molecule has 4 aromatic rings. The van der Waals surface area contributed by atoms with E-state index in [-0.39, 0.29) is 28.3 Å². The lowest BCUT2D eigenvalue weighted by Gasteiger charge is -2.37. The number of ketones is 1. The maximum Gasteiger partial charge on any atom is 0.295 e. The first kappa shape index (κ1) is 21.8. The van der Waals surface area contributed by atoms with Crippen LogP contribution in [0.25, 0.3) is 16.7 Å². The maximum atomic E-state index is 14.7. The number of halogens is 1. The number of amides is 1. The Morgan fingerprint density at radius 1 is 1.08 bits per heavy atom. The smallest absolute Gasteiger partial charge is 0.295 e. The summed E-state index contributed by atoms with van der Waals surface area (Å²) in [5, 5.41) is 16.1. The van der Waals surface area contributed by atoms with Gasteiger partial charge >= 0.3 is 0 Å². The van der Waals surface area contributed by atoms with Crippen molar-refractivity contribution in [3.8, 4) is 5.82 Å². The van der Waals surface area contributed by atoms with Gasteiger partial charge in [-0.3, -0.25) is 9.59 Å². The number of Topliss-reactive ketones (excluding diaryl/α,β-unsaturated/α-hetero) is 1. The van der Waals surface area contributed by atoms with Crippen LogP contribution in [0.2, 0.25) is 0 Å². The fourth-order valence-corrected chi connectivity index (χ4v) is 4.61. The molecule has 3 aromatic heterocycles. The van der Waals surface area contributed by atoms with Gasteiger partial charge in [0.1, 0.15) is 6.04 Å². The quantitative estimate of drug-likeness (QED) is 0.342. The Kier molecular flexibility index (Phi) is 5.32. The van der Waals surface area contributed by atoms with Crippen LogP contribution in [0.1, 0.15) is 22.0 Å². The number of carbonyl (C=O) groups is 2. The van der Waals surface area contributed by atoms with E-state index in [4.69, 9.17) is 0 Å². The Balaban J connectivity index is 1.18. The predicted octanol–water partition coefficient (Wildman–Crippen LogP) is 2.66. The molecule has 0 saturated carbocycles. The SMILES string of the molecule is O=C(C(=O)N1CCN(C2=CN=NC2c2ccccc2)CC1)c1c[nH]c2c(-n3ccnn3)ncc(F)c12. The molecule has 1 fully saturated rings. The van der Waals surface area contributed by atoms with Gasteiger partial charge in [-0.05, 0) is 5.56 Å². The van der Waals surface area contributed by atoms with Crippen LogP contribution in [0.15, 0.2) is 77.2 Å². The molecular weight excluding hydrogens is 465 g/mol. The van der Waals surface area contributed by atoms with Crippen molar-refractivity contribution >= 4 is 22.6 Å². The van der Waals surface area contributed by atoms with Crippen molar-refractivity contribution in [2.24, 2.45) is 10.2 Å². The van der Waals surface area contributed by atoms with Crippen molar-refractivity contribution in [2.75, 3.05) is 26.2 Å². The summed E-state index contributed by atoms with van der Waals surface area (Å²) >= 11 is 0. The lowest BCUT2D eigenvalue weighted by Crippen LogP contribution is -2.50. The number of nitrogens with one attached hydrogen (secondary N) is 1. The highest BCUT2D eigenvalue weighted by Gasteiger charge is 2.32. The molecule has 1 aromatic carbocycles. The zero-order valence-corrected chi connectivity index (χ0v) is 19.0. The maximum absolute atomic E-state index is 14.7. The molecule has 0 spiro atoms. The summed E-state index contributed by atoms with van der Waals surface area (Å²) in [6.45, 7) is 1.75. The van der Waals surface area contributed by atoms with Crippen molar-refractivity contribution in [3.63, 3.8) is 0 Å². The number of hydrogen-bond acceptors (Lipinski definition) is 8. The van der Waals surface area contributed by atoms with Crippen LogP contribution < -0.4 is 0 Å². The number of rotatable bonds is 5. The van der Waals surface area contributed by atoms with Crippen LogP contribution in [0.5, 0.6) is 0 Å². The number of nitrogens with zero attached hydrogens (tertiary/aromatic N) is 8. The Labute approximate surface area is 203 Å². The van der Waals surface area contributed by atoms with Gasteiger partial charge in [0.2, 0.25) is 0 Å². The van der Waals surface area contributed by atoms with E-state index < -0.39 is 17.5 Å². The van der Waals surface area contributed by atoms with Gasteiger partial charge in [-0.25, -0.2) is 14.1 Å². The van der Waals surface area contributed by atoms with E-state index in [2.05, 4.69) is 35.4 Å². The number of pyridine rings is 1. The van der Waals surface area contributed by atoms with Gasteiger partial charge in [0, 0.05) is 32.4 Å². The minimum absolute atomic E-state index is 0.00229. The minimum atomic E-state index is -0.781. The molecular formula is C24H20FN9O2. The summed E-state index contributed by atoms with van der Waals surface area (Å²) in [5.74, 6) is -1.89. The summed E-state index contributed by atoms with van der Waals surface area (Å²) in [4.78, 5) is 36.8. The topological polar surface area (TPSA) is 125 Å². The third-order valence-electron chi connectivity index (χ3n) is 6.42. The summed E-state index contributed by atoms with van der Waals surface area (Å²) in [6.07, 6.45) is 7.09. The molecule has 11 nitrogen and oxygen atoms in total. The molecule has 12 heteroatoms. The highest BCUT2D eigenvalue weighted by molar-refractivity contribution is 6.45. The number of piperazine rings is 1. The lowest BCUT2D eigenvalue weighted by molar-refractivity contribution is -0.127. The molecule has 1 N–H and O–H groups in total. The number of aromatic amines is 1. The molecule has 0 aliphatic carbocycles. The number of azo groups is 1. The molecule has 0 bridgehead atoms. The van der Waals surface area contributed by atoms with Crippen LogP contribution in [0, 0.1) is 5.82 Å². The average molecular weight is 485 g/mol. The van der Waals surface area contributed by atoms with E-state index in [1.807, 2.05) is 30.3 Å². The Hall–Kier alpha value is -4.74. The first-order valence-corrected chi connectivity index (χ1v) is 11.4. The van der Waals surface area contributed by atoms with Gasteiger partial charge in [-0.15, -0.1) is 5.10 Å². The average Bonchev–Trinajstić information content (AvgIpc) is 3.70. The zero-order valence-electron chi connectivity index (χ0n) is 19.0. The van der Waals surface area contributed by atoms with Gasteiger partial charge in [-0.1, -0.05) is 35.5 Å². The van der Waals surface area contributed by atoms with Gasteiger partial charge in [0.15, 0.2) is 11.6 Å². The number of benzene rings is 1. The summed E-state index contributed by atoms with van der Waals surface area (Å²) < 4.78 is 16.1. The Morgan fingerprint density at radius 2 is 1.89 bits per heavy atom. The monoisotopic (exact) mass is 485 g/mol. The molecule has 6 rings (SSSR count). The molecule has 2 aliphatic heterocycles. The zero-order chi connectivity index (χ0) is 24.6. The van der Waals surface area contributed by atoms with E-state index in [9.17, 15) is 14.0 Å². The summed E-state index contributed by atoms with van der Waals surface area (Å²) in [7, 11) is 0. The number of aromatic nitrogens is 5. The molecule has 1 atom stereocenters. The molecule has 36 heavy (non-hydrogen) atoms. The molecule has 1 saturated heterocycles. The third-order valence-corrected chi connectivity index (χ3v) is 6.42. The van der Waals surface area contributed by atoms with Crippen LogP contribution in [0.3, 0.4) is 0 Å². The van der Waals surface area contributed by atoms with Gasteiger partial charge in [0.25, 0.3) is 11.7 Å². The van der Waals surface area contributed by atoms with Crippen LogP contribution >= 0.6 is 0 Å². The van der Waals surface area contributed by atoms with Crippen molar-refractivity contribution in [1.29, 1.82) is 0 Å². The summed E-state index contributed by atoms with van der Waals surface area (Å²) in [6, 6.07) is 9.70. The van der Waals surface area contributed by atoms with Crippen molar-refractivity contribution in [1.82, 2.24) is 34.8 Å². The first-order chi connectivity index (χ1) is 17.6. The number of fused-ring (bicyclic) bond motifs is 1. The molecule has 0 radical (unpaired) electrons. The van der Waals surface area contributed by atoms with E-state index in [0.29, 0.717) is 26.2 Å². The number of hydrogen-bond donors (Lipinski definition) is 1. The predicted molar refractivity (Wildman–Crippen MR) is 126 cm³/mol. The van der Waals surface area contributed by atoms with E-state index in [0.717, 1.165) is 17.5 Å². The largest absolute Gasteiger partial charge is 0.368 e. The summed E-state index contributed by atoms with van der Waals surface area (Å²) in [5.41, 5.74) is 2.22. The second-order valence-corrected chi connectivity index (χ2v) is 8.44. The second-order valence-electron chi connectivity index (χ2n) is 8.44. The highest BCUT2D eigenvalue weighted by atomic mass is 19.1. The third kappa shape index (κ3) is 3.63. The number of H-pyrrole nitrogens is 1. The van der Waals surface area contributed by atoms with Crippen LogP contribution in [-0.4, -0.2) is 72.6 Å². The van der Waals surface area contributed by atoms with Gasteiger partial charge in [-0.2, -0.15) is 10.2 Å². The molecule has 1 unspecified atom stereocenters. The fraction of sp³-hybridized carbons (Fsp3) is 0.208. The van der Waals surface area contributed by atoms with Crippen molar-refractivity contribution in [3.05, 3.63) is 84.0 Å². The normalized spacial score (nSPS) is 17.6. The van der Waals surface area contributed by atoms with Gasteiger partial charge < -0.3 is 14.8 Å². The fourth-order valence-electron chi connectivity index (χ4n) is 4.61. The molecule has 1 amide bonds. The highest BCUT2D eigenvalue weighted by Crippen LogP contribution is 2.33. The molecule has 180 valence electrons. The number of carbonyl (C=O) groups excluding carboxylic acids is 2. The molecule has 5 heterocycles. The minimum Gasteiger partial charge on any atom is -0.368 e. The van der Waals surface area contributed by atoms with Crippen molar-refractivity contribution in [2.45, 2.75) is 6.04 Å². The van der Waals surface area contributed by atoms with E-state index in [1.54, 1.807) is 12.4 Å². The second kappa shape index (κ2) is 8.80. The van der Waals surface area contributed by atoms with E-state index in [1.165, 1.54) is 22.0 Å². The van der Waals surface area contributed by atoms with Crippen LogP contribution in [0.4, 0.5) is 4.39 Å². The van der Waals surface area contributed by atoms with Crippen molar-refractivity contribution < 1.29 is 14.0 Å². The first-order valence-electron chi connectivity index (χ1n) is 11.4. The Bertz CT molecular complexity index is 1500. The Morgan fingerprint density at radius 3 is 2.64 bits per heavy atom. The molecule has 2 aliphatic rings.